The smallest absolute Gasteiger partial charge is 0.0889 e. The quantitative estimate of drug-likeness (QED) is 0.786. The van der Waals surface area contributed by atoms with E-state index >= 15 is 0 Å². The second kappa shape index (κ2) is 4.57. The van der Waals surface area contributed by atoms with E-state index in [-0.39, 0.29) is 5.41 Å². The highest BCUT2D eigenvalue weighted by Crippen LogP contribution is 2.25. The van der Waals surface area contributed by atoms with Gasteiger partial charge in [0.15, 0.2) is 0 Å². The number of nitrogens with zero attached hydrogens (tertiary/aromatic N) is 2. The molecular formula is C14H15BrN2. The van der Waals surface area contributed by atoms with Crippen LogP contribution in [0.25, 0.3) is 11.4 Å². The van der Waals surface area contributed by atoms with Gasteiger partial charge < -0.3 is 0 Å². The van der Waals surface area contributed by atoms with Crippen molar-refractivity contribution in [3.8, 4) is 11.4 Å². The van der Waals surface area contributed by atoms with Crippen LogP contribution >= 0.6 is 15.9 Å². The zero-order valence-electron chi connectivity index (χ0n) is 10.2. The molecule has 0 bridgehead atoms. The maximum absolute atomic E-state index is 4.38. The fraction of sp³-hybridized carbons (Fsp3) is 0.286. The molecule has 0 N–H and O–H groups in total. The van der Waals surface area contributed by atoms with Crippen LogP contribution in [0.3, 0.4) is 0 Å². The molecule has 0 aromatic carbocycles. The second-order valence-electron chi connectivity index (χ2n) is 5.04. The van der Waals surface area contributed by atoms with Crippen LogP contribution in [0.4, 0.5) is 0 Å². The molecule has 0 amide bonds. The zero-order valence-corrected chi connectivity index (χ0v) is 11.8. The van der Waals surface area contributed by atoms with Gasteiger partial charge in [0.1, 0.15) is 0 Å². The number of hydrogen-bond acceptors (Lipinski definition) is 2. The van der Waals surface area contributed by atoms with Crippen molar-refractivity contribution in [1.82, 2.24) is 9.97 Å². The van der Waals surface area contributed by atoms with E-state index in [0.717, 1.165) is 15.9 Å². The van der Waals surface area contributed by atoms with Crippen molar-refractivity contribution in [1.29, 1.82) is 0 Å². The summed E-state index contributed by atoms with van der Waals surface area (Å²) in [6.45, 7) is 6.59. The lowest BCUT2D eigenvalue weighted by Gasteiger charge is -2.19. The molecule has 0 aliphatic carbocycles. The molecule has 2 aromatic heterocycles. The van der Waals surface area contributed by atoms with Crippen molar-refractivity contribution in [3.63, 3.8) is 0 Å². The van der Waals surface area contributed by atoms with Crippen LogP contribution in [0.2, 0.25) is 0 Å². The summed E-state index contributed by atoms with van der Waals surface area (Å²) < 4.78 is 0.980. The van der Waals surface area contributed by atoms with Gasteiger partial charge in [-0.2, -0.15) is 0 Å². The minimum absolute atomic E-state index is 0.132. The van der Waals surface area contributed by atoms with Crippen molar-refractivity contribution >= 4 is 15.9 Å². The van der Waals surface area contributed by atoms with Crippen LogP contribution in [-0.4, -0.2) is 9.97 Å². The van der Waals surface area contributed by atoms with Gasteiger partial charge in [0, 0.05) is 16.9 Å². The van der Waals surface area contributed by atoms with Crippen molar-refractivity contribution in [2.45, 2.75) is 26.2 Å². The van der Waals surface area contributed by atoms with E-state index in [9.17, 15) is 0 Å². The highest BCUT2D eigenvalue weighted by Gasteiger charge is 2.14. The van der Waals surface area contributed by atoms with Crippen LogP contribution < -0.4 is 0 Å². The predicted molar refractivity (Wildman–Crippen MR) is 73.9 cm³/mol. The van der Waals surface area contributed by atoms with Crippen LogP contribution in [0, 0.1) is 0 Å². The Morgan fingerprint density at radius 1 is 1.00 bits per heavy atom. The van der Waals surface area contributed by atoms with Crippen LogP contribution in [0.5, 0.6) is 0 Å². The van der Waals surface area contributed by atoms with Crippen molar-refractivity contribution in [2.75, 3.05) is 0 Å². The highest BCUT2D eigenvalue weighted by atomic mass is 79.9. The summed E-state index contributed by atoms with van der Waals surface area (Å²) in [4.78, 5) is 8.74. The number of halogens is 1. The van der Waals surface area contributed by atoms with Crippen LogP contribution in [0.1, 0.15) is 26.3 Å². The van der Waals surface area contributed by atoms with Crippen molar-refractivity contribution in [2.24, 2.45) is 0 Å². The molecule has 2 aromatic rings. The first-order valence-corrected chi connectivity index (χ1v) is 6.34. The van der Waals surface area contributed by atoms with E-state index in [0.29, 0.717) is 0 Å². The molecule has 0 fully saturated rings. The molecular weight excluding hydrogens is 276 g/mol. The summed E-state index contributed by atoms with van der Waals surface area (Å²) in [5.41, 5.74) is 3.23. The normalized spacial score (nSPS) is 11.5. The lowest BCUT2D eigenvalue weighted by molar-refractivity contribution is 0.589. The van der Waals surface area contributed by atoms with Gasteiger partial charge >= 0.3 is 0 Å². The zero-order chi connectivity index (χ0) is 12.5. The summed E-state index contributed by atoms with van der Waals surface area (Å²) >= 11 is 3.38. The van der Waals surface area contributed by atoms with Crippen molar-refractivity contribution < 1.29 is 0 Å². The number of pyridine rings is 2. The topological polar surface area (TPSA) is 25.8 Å². The van der Waals surface area contributed by atoms with Gasteiger partial charge in [-0.25, -0.2) is 0 Å². The van der Waals surface area contributed by atoms with Crippen LogP contribution in [0.15, 0.2) is 41.1 Å². The average Bonchev–Trinajstić information content (AvgIpc) is 2.29. The number of rotatable bonds is 1. The van der Waals surface area contributed by atoms with E-state index in [1.807, 2.05) is 18.3 Å². The summed E-state index contributed by atoms with van der Waals surface area (Å²) in [5.74, 6) is 0. The van der Waals surface area contributed by atoms with E-state index in [1.165, 1.54) is 5.56 Å². The van der Waals surface area contributed by atoms with Crippen LogP contribution in [-0.2, 0) is 5.41 Å². The average molecular weight is 291 g/mol. The molecule has 0 aliphatic heterocycles. The standard InChI is InChI=1S/C14H15BrN2/c1-14(2,3)10-6-7-16-13(8-10)12-5-4-11(15)9-17-12/h4-9H,1-3H3. The fourth-order valence-electron chi connectivity index (χ4n) is 1.56. The lowest BCUT2D eigenvalue weighted by Crippen LogP contribution is -2.11. The molecule has 0 radical (unpaired) electrons. The predicted octanol–water partition coefficient (Wildman–Crippen LogP) is 4.20. The molecule has 0 aliphatic rings. The molecule has 2 heterocycles. The van der Waals surface area contributed by atoms with E-state index in [1.54, 1.807) is 6.20 Å². The molecule has 0 atom stereocenters. The molecule has 0 saturated carbocycles. The third kappa shape index (κ3) is 2.91. The summed E-state index contributed by atoms with van der Waals surface area (Å²) in [6.07, 6.45) is 3.64. The number of hydrogen-bond donors (Lipinski definition) is 0. The molecule has 0 saturated heterocycles. The largest absolute Gasteiger partial charge is 0.255 e. The molecule has 3 heteroatoms. The van der Waals surface area contributed by atoms with Gasteiger partial charge in [0.2, 0.25) is 0 Å². The Bertz CT molecular complexity index is 512. The maximum Gasteiger partial charge on any atom is 0.0889 e. The molecule has 0 unspecified atom stereocenters. The molecule has 2 rings (SSSR count). The third-order valence-corrected chi connectivity index (χ3v) is 3.08. The first-order valence-electron chi connectivity index (χ1n) is 5.55. The van der Waals surface area contributed by atoms with E-state index in [2.05, 4.69) is 58.8 Å². The van der Waals surface area contributed by atoms with E-state index < -0.39 is 0 Å². The maximum atomic E-state index is 4.38. The minimum atomic E-state index is 0.132. The minimum Gasteiger partial charge on any atom is -0.255 e. The Morgan fingerprint density at radius 2 is 1.76 bits per heavy atom. The first kappa shape index (κ1) is 12.2. The summed E-state index contributed by atoms with van der Waals surface area (Å²) in [7, 11) is 0. The molecule has 88 valence electrons. The SMILES string of the molecule is CC(C)(C)c1ccnc(-c2ccc(Br)cn2)c1. The Balaban J connectivity index is 2.43. The summed E-state index contributed by atoms with van der Waals surface area (Å²) in [5, 5.41) is 0. The lowest BCUT2D eigenvalue weighted by atomic mass is 9.87. The highest BCUT2D eigenvalue weighted by molar-refractivity contribution is 9.10. The van der Waals surface area contributed by atoms with Gasteiger partial charge in [-0.15, -0.1) is 0 Å². The Labute approximate surface area is 110 Å². The van der Waals surface area contributed by atoms with Gasteiger partial charge in [-0.05, 0) is 51.2 Å². The molecule has 17 heavy (non-hydrogen) atoms. The Hall–Kier alpha value is -1.22. The monoisotopic (exact) mass is 290 g/mol. The molecule has 2 nitrogen and oxygen atoms in total. The van der Waals surface area contributed by atoms with E-state index in [4.69, 9.17) is 0 Å². The fourth-order valence-corrected chi connectivity index (χ4v) is 1.80. The van der Waals surface area contributed by atoms with Crippen molar-refractivity contribution in [3.05, 3.63) is 46.7 Å². The van der Waals surface area contributed by atoms with Gasteiger partial charge in [0.05, 0.1) is 11.4 Å². The van der Waals surface area contributed by atoms with Gasteiger partial charge in [-0.1, -0.05) is 20.8 Å². The third-order valence-electron chi connectivity index (χ3n) is 2.62. The van der Waals surface area contributed by atoms with Gasteiger partial charge in [-0.3, -0.25) is 9.97 Å². The summed E-state index contributed by atoms with van der Waals surface area (Å²) in [6, 6.07) is 8.12. The number of aromatic nitrogens is 2. The Morgan fingerprint density at radius 3 is 2.35 bits per heavy atom. The molecule has 0 spiro atoms. The van der Waals surface area contributed by atoms with Gasteiger partial charge in [0.25, 0.3) is 0 Å². The second-order valence-corrected chi connectivity index (χ2v) is 5.96. The first-order chi connectivity index (χ1) is 7.97. The Kier molecular flexibility index (Phi) is 3.29.